The highest BCUT2D eigenvalue weighted by Crippen LogP contribution is 2.05. The molecule has 12 N–H and O–H groups in total. The standard InChI is InChI=1S/C19H36N8O6S2/c1-35-8-6-10(20)15(29)27-13(9-34)17(31)25-11(3-2-7-24-19(22)23)16(30)26-12(18(32)33)4-5-14(21)28/h10-13,34H,2-9,20H2,1H3,(H2,21,28)(H,25,31)(H,26,30)(H,27,29)(H,32,33)(H4,22,23,24). The second kappa shape index (κ2) is 17.7. The van der Waals surface area contributed by atoms with Gasteiger partial charge in [0.1, 0.15) is 18.1 Å². The van der Waals surface area contributed by atoms with Gasteiger partial charge in [0.2, 0.25) is 23.6 Å². The molecule has 4 amide bonds. The number of nitrogens with zero attached hydrogens (tertiary/aromatic N) is 1. The van der Waals surface area contributed by atoms with Crippen LogP contribution in [-0.2, 0) is 24.0 Å². The number of rotatable bonds is 18. The van der Waals surface area contributed by atoms with Crippen LogP contribution in [0, 0.1) is 0 Å². The molecule has 0 fully saturated rings. The quantitative estimate of drug-likeness (QED) is 0.0368. The Bertz CT molecular complexity index is 766. The first-order valence-electron chi connectivity index (χ1n) is 10.8. The lowest BCUT2D eigenvalue weighted by molar-refractivity contribution is -0.142. The molecule has 0 aliphatic heterocycles. The van der Waals surface area contributed by atoms with Crippen LogP contribution in [0.25, 0.3) is 0 Å². The number of carbonyl (C=O) groups is 5. The third kappa shape index (κ3) is 14.3. The molecule has 0 aromatic rings. The Morgan fingerprint density at radius 2 is 1.49 bits per heavy atom. The molecule has 16 heteroatoms. The summed E-state index contributed by atoms with van der Waals surface area (Å²) in [6, 6.07) is -4.50. The molecule has 0 heterocycles. The molecule has 35 heavy (non-hydrogen) atoms. The van der Waals surface area contributed by atoms with Gasteiger partial charge in [-0.3, -0.25) is 24.2 Å². The minimum Gasteiger partial charge on any atom is -0.480 e. The third-order valence-corrected chi connectivity index (χ3v) is 5.67. The van der Waals surface area contributed by atoms with E-state index in [1.165, 1.54) is 11.8 Å². The summed E-state index contributed by atoms with van der Waals surface area (Å²) in [6.45, 7) is 0.156. The van der Waals surface area contributed by atoms with E-state index in [1.807, 2.05) is 6.26 Å². The van der Waals surface area contributed by atoms with E-state index < -0.39 is 53.8 Å². The molecule has 0 aromatic heterocycles. The van der Waals surface area contributed by atoms with Gasteiger partial charge in [-0.25, -0.2) is 4.79 Å². The highest BCUT2D eigenvalue weighted by molar-refractivity contribution is 7.98. The molecule has 4 atom stereocenters. The summed E-state index contributed by atoms with van der Waals surface area (Å²) in [6.07, 6.45) is 2.11. The number of primary amides is 1. The maximum atomic E-state index is 12.8. The van der Waals surface area contributed by atoms with Gasteiger partial charge in [-0.1, -0.05) is 0 Å². The maximum Gasteiger partial charge on any atom is 0.326 e. The number of carbonyl (C=O) groups excluding carboxylic acids is 4. The molecule has 200 valence electrons. The van der Waals surface area contributed by atoms with E-state index in [9.17, 15) is 29.1 Å². The lowest BCUT2D eigenvalue weighted by Gasteiger charge is -2.24. The third-order valence-electron chi connectivity index (χ3n) is 4.66. The largest absolute Gasteiger partial charge is 0.480 e. The number of aliphatic imine (C=N–C) groups is 1. The fraction of sp³-hybridized carbons (Fsp3) is 0.684. The summed E-state index contributed by atoms with van der Waals surface area (Å²) < 4.78 is 0. The Kier molecular flexibility index (Phi) is 16.3. The minimum atomic E-state index is -1.40. The van der Waals surface area contributed by atoms with Crippen molar-refractivity contribution in [2.75, 3.05) is 24.3 Å². The van der Waals surface area contributed by atoms with Gasteiger partial charge in [0.25, 0.3) is 0 Å². The van der Waals surface area contributed by atoms with E-state index in [1.54, 1.807) is 0 Å². The van der Waals surface area contributed by atoms with E-state index in [2.05, 4.69) is 33.6 Å². The molecular formula is C19H36N8O6S2. The molecule has 0 rings (SSSR count). The van der Waals surface area contributed by atoms with Crippen molar-refractivity contribution >= 4 is 59.9 Å². The van der Waals surface area contributed by atoms with Crippen LogP contribution in [0.3, 0.4) is 0 Å². The fourth-order valence-corrected chi connectivity index (χ4v) is 3.46. The summed E-state index contributed by atoms with van der Waals surface area (Å²) >= 11 is 5.61. The van der Waals surface area contributed by atoms with Crippen LogP contribution in [0.2, 0.25) is 0 Å². The molecule has 0 saturated heterocycles. The second-order valence-electron chi connectivity index (χ2n) is 7.55. The first-order chi connectivity index (χ1) is 16.4. The first-order valence-corrected chi connectivity index (χ1v) is 12.8. The molecule has 0 saturated carbocycles. The average Bonchev–Trinajstić information content (AvgIpc) is 2.79. The SMILES string of the molecule is CSCCC(N)C(=O)NC(CS)C(=O)NC(CCCN=C(N)N)C(=O)NC(CCC(N)=O)C(=O)O. The zero-order valence-corrected chi connectivity index (χ0v) is 21.3. The van der Waals surface area contributed by atoms with Gasteiger partial charge in [-0.05, 0) is 37.7 Å². The van der Waals surface area contributed by atoms with Crippen molar-refractivity contribution in [3.05, 3.63) is 0 Å². The van der Waals surface area contributed by atoms with E-state index in [0.717, 1.165) is 0 Å². The zero-order chi connectivity index (χ0) is 27.0. The van der Waals surface area contributed by atoms with Crippen LogP contribution in [0.1, 0.15) is 32.1 Å². The number of hydrogen-bond donors (Lipinski definition) is 9. The van der Waals surface area contributed by atoms with Crippen LogP contribution in [0.15, 0.2) is 4.99 Å². The molecule has 4 unspecified atom stereocenters. The zero-order valence-electron chi connectivity index (χ0n) is 19.6. The minimum absolute atomic E-state index is 0.0526. The van der Waals surface area contributed by atoms with Gasteiger partial charge >= 0.3 is 5.97 Å². The van der Waals surface area contributed by atoms with Crippen molar-refractivity contribution in [1.29, 1.82) is 0 Å². The molecule has 0 aliphatic rings. The Balaban J connectivity index is 5.39. The van der Waals surface area contributed by atoms with Crippen LogP contribution >= 0.6 is 24.4 Å². The Morgan fingerprint density at radius 3 is 2.00 bits per heavy atom. The number of amides is 4. The number of guanidine groups is 1. The Labute approximate surface area is 213 Å². The predicted octanol–water partition coefficient (Wildman–Crippen LogP) is -3.15. The number of carboxylic acids is 1. The topological polar surface area (TPSA) is 258 Å². The average molecular weight is 537 g/mol. The Morgan fingerprint density at radius 1 is 0.914 bits per heavy atom. The van der Waals surface area contributed by atoms with Gasteiger partial charge in [0.05, 0.1) is 6.04 Å². The summed E-state index contributed by atoms with van der Waals surface area (Å²) in [5.41, 5.74) is 21.4. The number of hydrogen-bond acceptors (Lipinski definition) is 9. The number of thiol groups is 1. The second-order valence-corrected chi connectivity index (χ2v) is 8.90. The fourth-order valence-electron chi connectivity index (χ4n) is 2.71. The van der Waals surface area contributed by atoms with Crippen molar-refractivity contribution in [3.8, 4) is 0 Å². The van der Waals surface area contributed by atoms with Crippen LogP contribution in [0.5, 0.6) is 0 Å². The van der Waals surface area contributed by atoms with Crippen molar-refractivity contribution in [3.63, 3.8) is 0 Å². The molecule has 0 bridgehead atoms. The normalized spacial score (nSPS) is 14.0. The van der Waals surface area contributed by atoms with Gasteiger partial charge in [-0.2, -0.15) is 24.4 Å². The number of carboxylic acid groups (broad SMARTS) is 1. The van der Waals surface area contributed by atoms with Crippen molar-refractivity contribution in [1.82, 2.24) is 16.0 Å². The summed E-state index contributed by atoms with van der Waals surface area (Å²) in [5, 5.41) is 16.6. The molecule has 0 aromatic carbocycles. The van der Waals surface area contributed by atoms with E-state index in [-0.39, 0.29) is 43.9 Å². The van der Waals surface area contributed by atoms with Crippen LogP contribution in [-0.4, -0.2) is 89.1 Å². The lowest BCUT2D eigenvalue weighted by Crippen LogP contribution is -2.57. The smallest absolute Gasteiger partial charge is 0.326 e. The molecule has 0 aliphatic carbocycles. The van der Waals surface area contributed by atoms with Gasteiger partial charge in [0, 0.05) is 18.7 Å². The number of nitrogens with one attached hydrogen (secondary N) is 3. The number of nitrogens with two attached hydrogens (primary N) is 4. The van der Waals surface area contributed by atoms with Crippen molar-refractivity contribution < 1.29 is 29.1 Å². The number of thioether (sulfide) groups is 1. The summed E-state index contributed by atoms with van der Waals surface area (Å²) in [7, 11) is 0. The molecule has 0 spiro atoms. The van der Waals surface area contributed by atoms with Crippen molar-refractivity contribution in [2.24, 2.45) is 27.9 Å². The van der Waals surface area contributed by atoms with Gasteiger partial charge < -0.3 is 44.0 Å². The van der Waals surface area contributed by atoms with Crippen molar-refractivity contribution in [2.45, 2.75) is 56.3 Å². The lowest BCUT2D eigenvalue weighted by atomic mass is 10.1. The maximum absolute atomic E-state index is 12.8. The monoisotopic (exact) mass is 536 g/mol. The summed E-state index contributed by atoms with van der Waals surface area (Å²) in [4.78, 5) is 64.2. The van der Waals surface area contributed by atoms with E-state index in [4.69, 9.17) is 22.9 Å². The number of aliphatic carboxylic acids is 1. The highest BCUT2D eigenvalue weighted by atomic mass is 32.2. The summed E-state index contributed by atoms with van der Waals surface area (Å²) in [5.74, 6) is -3.73. The predicted molar refractivity (Wildman–Crippen MR) is 137 cm³/mol. The first kappa shape index (κ1) is 32.3. The van der Waals surface area contributed by atoms with E-state index >= 15 is 0 Å². The van der Waals surface area contributed by atoms with Crippen LogP contribution < -0.4 is 38.9 Å². The van der Waals surface area contributed by atoms with Gasteiger partial charge in [-0.15, -0.1) is 0 Å². The molecular weight excluding hydrogens is 500 g/mol. The molecule has 14 nitrogen and oxygen atoms in total. The van der Waals surface area contributed by atoms with E-state index in [0.29, 0.717) is 12.2 Å². The Hall–Kier alpha value is -2.72. The van der Waals surface area contributed by atoms with Gasteiger partial charge in [0.15, 0.2) is 5.96 Å². The molecule has 0 radical (unpaired) electrons. The highest BCUT2D eigenvalue weighted by Gasteiger charge is 2.29. The van der Waals surface area contributed by atoms with Crippen LogP contribution in [0.4, 0.5) is 0 Å².